The van der Waals surface area contributed by atoms with Gasteiger partial charge < -0.3 is 20.1 Å². The van der Waals surface area contributed by atoms with Gasteiger partial charge in [0, 0.05) is 47.0 Å². The number of aliphatic hydroxyl groups is 2. The molecule has 190 valence electrons. The predicted molar refractivity (Wildman–Crippen MR) is 131 cm³/mol. The number of amides is 1. The van der Waals surface area contributed by atoms with Gasteiger partial charge >= 0.3 is 0 Å². The van der Waals surface area contributed by atoms with Gasteiger partial charge in [0.1, 0.15) is 22.9 Å². The molecule has 2 fully saturated rings. The number of rotatable bonds is 4. The maximum atomic E-state index is 13.4. The maximum Gasteiger partial charge on any atom is 0.294 e. The normalized spacial score (nSPS) is 24.0. The average molecular weight is 542 g/mol. The fraction of sp³-hybridized carbons (Fsp3) is 0.261. The first-order valence-corrected chi connectivity index (χ1v) is 13.1. The van der Waals surface area contributed by atoms with Gasteiger partial charge in [0.15, 0.2) is 0 Å². The number of carbonyl (C=O) groups excluding carboxylic acids is 1. The summed E-state index contributed by atoms with van der Waals surface area (Å²) in [5, 5.41) is 30.4. The Morgan fingerprint density at radius 1 is 1.03 bits per heavy atom. The van der Waals surface area contributed by atoms with E-state index in [4.69, 9.17) is 11.6 Å². The van der Waals surface area contributed by atoms with Gasteiger partial charge in [0.05, 0.1) is 18.3 Å². The number of aliphatic hydroxyl groups excluding tert-OH is 2. The predicted octanol–water partition coefficient (Wildman–Crippen LogP) is 0.688. The molecule has 4 atom stereocenters. The molecule has 2 saturated heterocycles. The summed E-state index contributed by atoms with van der Waals surface area (Å²) in [7, 11) is -4.03. The van der Waals surface area contributed by atoms with Crippen LogP contribution in [-0.4, -0.2) is 96.3 Å². The Bertz CT molecular complexity index is 1580. The molecule has 2 aliphatic heterocycles. The second-order valence-corrected chi connectivity index (χ2v) is 11.3. The van der Waals surface area contributed by atoms with Crippen molar-refractivity contribution in [3.8, 4) is 11.3 Å². The number of piperazine rings is 1. The van der Waals surface area contributed by atoms with E-state index < -0.39 is 40.2 Å². The van der Waals surface area contributed by atoms with Gasteiger partial charge in [-0.3, -0.25) is 9.78 Å². The lowest BCUT2D eigenvalue weighted by molar-refractivity contribution is 0.0352. The third kappa shape index (κ3) is 3.95. The zero-order chi connectivity index (χ0) is 25.9. The van der Waals surface area contributed by atoms with Gasteiger partial charge in [-0.25, -0.2) is 13.4 Å². The van der Waals surface area contributed by atoms with Crippen LogP contribution in [0.5, 0.6) is 0 Å². The van der Waals surface area contributed by atoms with Crippen molar-refractivity contribution in [3.63, 3.8) is 0 Å². The molecule has 4 unspecified atom stereocenters. The van der Waals surface area contributed by atoms with Crippen molar-refractivity contribution < 1.29 is 23.4 Å². The van der Waals surface area contributed by atoms with E-state index in [0.717, 1.165) is 9.87 Å². The Balaban J connectivity index is 1.27. The van der Waals surface area contributed by atoms with E-state index in [1.807, 2.05) is 0 Å². The molecule has 14 heteroatoms. The molecule has 2 bridgehead atoms. The lowest BCUT2D eigenvalue weighted by Crippen LogP contribution is -2.59. The first-order valence-electron chi connectivity index (χ1n) is 11.3. The summed E-state index contributed by atoms with van der Waals surface area (Å²) >= 11 is 6.02. The number of nitrogens with one attached hydrogen (secondary N) is 1. The minimum Gasteiger partial charge on any atom is -0.388 e. The number of fused-ring (bicyclic) bond motifs is 3. The molecule has 1 amide bonds. The van der Waals surface area contributed by atoms with Gasteiger partial charge in [-0.1, -0.05) is 11.6 Å². The Hall–Kier alpha value is -3.49. The molecule has 0 spiro atoms. The molecule has 2 aliphatic rings. The highest BCUT2D eigenvalue weighted by atomic mass is 35.5. The molecule has 12 nitrogen and oxygen atoms in total. The van der Waals surface area contributed by atoms with E-state index >= 15 is 0 Å². The monoisotopic (exact) mass is 541 g/mol. The highest BCUT2D eigenvalue weighted by Gasteiger charge is 2.56. The van der Waals surface area contributed by atoms with Crippen LogP contribution in [0.25, 0.3) is 22.2 Å². The highest BCUT2D eigenvalue weighted by molar-refractivity contribution is 7.89. The van der Waals surface area contributed by atoms with Crippen molar-refractivity contribution in [3.05, 3.63) is 65.8 Å². The van der Waals surface area contributed by atoms with Crippen LogP contribution < -0.4 is 0 Å². The van der Waals surface area contributed by atoms with Gasteiger partial charge in [-0.05, 0) is 36.4 Å². The van der Waals surface area contributed by atoms with Crippen LogP contribution >= 0.6 is 11.6 Å². The molecule has 0 radical (unpaired) electrons. The molecule has 6 rings (SSSR count). The minimum atomic E-state index is -4.03. The van der Waals surface area contributed by atoms with Crippen LogP contribution in [0.3, 0.4) is 0 Å². The maximum absolute atomic E-state index is 13.4. The molecule has 3 N–H and O–H groups in total. The van der Waals surface area contributed by atoms with Crippen LogP contribution in [0.4, 0.5) is 0 Å². The van der Waals surface area contributed by atoms with Crippen molar-refractivity contribution in [1.82, 2.24) is 34.4 Å². The van der Waals surface area contributed by atoms with Crippen molar-refractivity contribution >= 4 is 38.4 Å². The number of pyridine rings is 1. The molecule has 37 heavy (non-hydrogen) atoms. The number of hydrogen-bond donors (Lipinski definition) is 3. The lowest BCUT2D eigenvalue weighted by atomic mass is 10.1. The summed E-state index contributed by atoms with van der Waals surface area (Å²) in [6.45, 7) is -0.442. The zero-order valence-electron chi connectivity index (χ0n) is 19.0. The Kier molecular flexibility index (Phi) is 5.69. The van der Waals surface area contributed by atoms with E-state index in [9.17, 15) is 23.4 Å². The molecule has 3 aromatic heterocycles. The number of H-pyrrole nitrogens is 1. The minimum absolute atomic E-state index is 0.0489. The first-order chi connectivity index (χ1) is 17.7. The van der Waals surface area contributed by atoms with Crippen LogP contribution in [-0.2, 0) is 10.0 Å². The number of aromatic amines is 1. The fourth-order valence-corrected chi connectivity index (χ4v) is 6.58. The zero-order valence-corrected chi connectivity index (χ0v) is 20.6. The van der Waals surface area contributed by atoms with Gasteiger partial charge in [0.25, 0.3) is 15.9 Å². The smallest absolute Gasteiger partial charge is 0.294 e. The van der Waals surface area contributed by atoms with Crippen LogP contribution in [0, 0.1) is 0 Å². The lowest BCUT2D eigenvalue weighted by Gasteiger charge is -2.39. The number of benzene rings is 1. The number of sulfonamides is 1. The van der Waals surface area contributed by atoms with E-state index in [1.54, 1.807) is 42.7 Å². The SMILES string of the molecule is O=C(c1ncc(-c2ccncc2)nn1)N1C2CN(S(=O)(=O)c3cc4cc(Cl)ccc4[nH]3)CC1C(O)C2O. The first kappa shape index (κ1) is 23.9. The number of hydrogen-bond acceptors (Lipinski definition) is 9. The summed E-state index contributed by atoms with van der Waals surface area (Å²) in [6, 6.07) is 7.90. The highest BCUT2D eigenvalue weighted by Crippen LogP contribution is 2.35. The summed E-state index contributed by atoms with van der Waals surface area (Å²) in [5.41, 5.74) is 1.76. The second kappa shape index (κ2) is 8.82. The molecular weight excluding hydrogens is 522 g/mol. The Labute approximate surface area is 215 Å². The van der Waals surface area contributed by atoms with Crippen molar-refractivity contribution in [2.24, 2.45) is 0 Å². The van der Waals surface area contributed by atoms with Crippen molar-refractivity contribution in [1.29, 1.82) is 0 Å². The standard InChI is InChI=1S/C23H20ClN7O5S/c24-14-1-2-15-13(7-14)8-19(27-15)37(35,36)30-10-17-20(32)21(33)18(11-30)31(17)23(34)22-26-9-16(28-29-22)12-3-5-25-6-4-12/h1-9,17-18,20-21,27,32-33H,10-11H2. The third-order valence-corrected chi connectivity index (χ3v) is 8.76. The Morgan fingerprint density at radius 3 is 2.38 bits per heavy atom. The molecular formula is C23H20ClN7O5S. The van der Waals surface area contributed by atoms with E-state index in [2.05, 4.69) is 25.1 Å². The summed E-state index contributed by atoms with van der Waals surface area (Å²) in [4.78, 5) is 25.5. The molecule has 4 aromatic rings. The molecule has 5 heterocycles. The number of nitrogens with zero attached hydrogens (tertiary/aromatic N) is 6. The average Bonchev–Trinajstić information content (AvgIpc) is 3.41. The van der Waals surface area contributed by atoms with Crippen molar-refractivity contribution in [2.45, 2.75) is 29.3 Å². The number of carbonyl (C=O) groups is 1. The Morgan fingerprint density at radius 2 is 1.73 bits per heavy atom. The number of halogens is 1. The summed E-state index contributed by atoms with van der Waals surface area (Å²) in [5.74, 6) is -0.880. The largest absolute Gasteiger partial charge is 0.388 e. The summed E-state index contributed by atoms with van der Waals surface area (Å²) in [6.07, 6.45) is 1.89. The third-order valence-electron chi connectivity index (χ3n) is 6.77. The molecule has 0 saturated carbocycles. The summed E-state index contributed by atoms with van der Waals surface area (Å²) < 4.78 is 28.1. The van der Waals surface area contributed by atoms with Gasteiger partial charge in [-0.2, -0.15) is 4.31 Å². The quantitative estimate of drug-likeness (QED) is 0.337. The fourth-order valence-electron chi connectivity index (χ4n) is 4.91. The van der Waals surface area contributed by atoms with Crippen LogP contribution in [0.2, 0.25) is 5.02 Å². The van der Waals surface area contributed by atoms with E-state index in [0.29, 0.717) is 21.6 Å². The topological polar surface area (TPSA) is 165 Å². The molecule has 1 aromatic carbocycles. The number of aromatic nitrogens is 5. The molecule has 0 aliphatic carbocycles. The van der Waals surface area contributed by atoms with Crippen LogP contribution in [0.1, 0.15) is 10.6 Å². The van der Waals surface area contributed by atoms with Crippen molar-refractivity contribution in [2.75, 3.05) is 13.1 Å². The van der Waals surface area contributed by atoms with Gasteiger partial charge in [0.2, 0.25) is 5.82 Å². The van der Waals surface area contributed by atoms with Crippen LogP contribution in [0.15, 0.2) is 60.0 Å². The van der Waals surface area contributed by atoms with E-state index in [-0.39, 0.29) is 23.9 Å². The van der Waals surface area contributed by atoms with Gasteiger partial charge in [-0.15, -0.1) is 10.2 Å². The van der Waals surface area contributed by atoms with E-state index in [1.165, 1.54) is 17.2 Å². The second-order valence-electron chi connectivity index (χ2n) is 8.92.